The number of thiazole rings is 1. The average molecular weight is 528 g/mol. The van der Waals surface area contributed by atoms with Gasteiger partial charge in [0.2, 0.25) is 0 Å². The summed E-state index contributed by atoms with van der Waals surface area (Å²) in [5.41, 5.74) is 0.0839. The molecule has 1 aromatic carbocycles. The maximum absolute atomic E-state index is 13.6. The first-order chi connectivity index (χ1) is 17.5. The van der Waals surface area contributed by atoms with E-state index in [2.05, 4.69) is 20.8 Å². The number of rotatable bonds is 4. The first kappa shape index (κ1) is 24.9. The fraction of sp³-hybridized carbons (Fsp3) is 0.774. The monoisotopic (exact) mass is 527 g/mol. The van der Waals surface area contributed by atoms with Gasteiger partial charge < -0.3 is 15.3 Å². The van der Waals surface area contributed by atoms with E-state index in [1.54, 1.807) is 11.3 Å². The normalized spacial score (nSPS) is 49.2. The van der Waals surface area contributed by atoms with E-state index in [1.807, 2.05) is 6.07 Å². The third-order valence-corrected chi connectivity index (χ3v) is 14.0. The van der Waals surface area contributed by atoms with Gasteiger partial charge in [0, 0.05) is 6.07 Å². The van der Waals surface area contributed by atoms with Crippen molar-refractivity contribution in [2.45, 2.75) is 103 Å². The number of nitrogens with zero attached hydrogens (tertiary/aromatic N) is 1. The van der Waals surface area contributed by atoms with Crippen molar-refractivity contribution in [3.8, 4) is 0 Å². The van der Waals surface area contributed by atoms with Gasteiger partial charge in [0.15, 0.2) is 0 Å². The second-order valence-corrected chi connectivity index (χ2v) is 15.4. The molecule has 0 spiro atoms. The van der Waals surface area contributed by atoms with Crippen LogP contribution in [0.5, 0.6) is 0 Å². The number of hydrogen-bond donors (Lipinski definition) is 3. The van der Waals surface area contributed by atoms with E-state index >= 15 is 0 Å². The van der Waals surface area contributed by atoms with E-state index in [0.717, 1.165) is 79.4 Å². The first-order valence-corrected chi connectivity index (χ1v) is 15.5. The number of benzene rings is 1. The highest BCUT2D eigenvalue weighted by Gasteiger charge is 2.81. The van der Waals surface area contributed by atoms with E-state index in [4.69, 9.17) is 4.98 Å². The van der Waals surface area contributed by atoms with Crippen LogP contribution in [-0.2, 0) is 6.42 Å². The van der Waals surface area contributed by atoms with Crippen LogP contribution in [0, 0.1) is 51.7 Å². The molecule has 0 amide bonds. The van der Waals surface area contributed by atoms with Gasteiger partial charge in [0.25, 0.3) is 0 Å². The topological polar surface area (TPSA) is 73.6 Å². The molecule has 0 radical (unpaired) electrons. The lowest BCUT2D eigenvalue weighted by molar-refractivity contribution is -0.368. The number of aromatic nitrogens is 1. The summed E-state index contributed by atoms with van der Waals surface area (Å²) in [7, 11) is 0. The fourth-order valence-electron chi connectivity index (χ4n) is 11.2. The van der Waals surface area contributed by atoms with Crippen molar-refractivity contribution in [3.05, 3.63) is 29.0 Å². The molecule has 1 heterocycles. The fourth-order valence-corrected chi connectivity index (χ4v) is 12.2. The molecule has 5 fully saturated rings. The number of aryl methyl sites for hydroxylation is 1. The molecule has 7 rings (SSSR count). The Morgan fingerprint density at radius 2 is 1.97 bits per heavy atom. The Labute approximate surface area is 223 Å². The lowest BCUT2D eigenvalue weighted by Crippen LogP contribution is -2.80. The minimum atomic E-state index is -0.623. The summed E-state index contributed by atoms with van der Waals surface area (Å²) < 4.78 is 14.7. The molecular weight excluding hydrogens is 485 g/mol. The Morgan fingerprint density at radius 3 is 2.78 bits per heavy atom. The van der Waals surface area contributed by atoms with Gasteiger partial charge in [-0.2, -0.15) is 0 Å². The van der Waals surface area contributed by atoms with Crippen LogP contribution in [0.4, 0.5) is 4.39 Å². The summed E-state index contributed by atoms with van der Waals surface area (Å²) in [4.78, 5) is 4.69. The summed E-state index contributed by atoms with van der Waals surface area (Å²) in [5.74, 6) is 1.64. The molecule has 202 valence electrons. The minimum Gasteiger partial charge on any atom is -0.393 e. The number of aliphatic hydroxyl groups is 3. The third-order valence-electron chi connectivity index (χ3n) is 12.9. The van der Waals surface area contributed by atoms with Crippen LogP contribution in [0.25, 0.3) is 10.2 Å². The molecule has 2 bridgehead atoms. The molecule has 6 heteroatoms. The standard InChI is InChI=1S/C31H42FNO3S/c1-17(4-9-26-33-23-13-19(32)5-8-24(23)37-26)21-6-7-22-27-30(15-25(35)29(21,22)3)16-31(27,36)14-18-12-20(34)10-11-28(18,30)2/h5,8,13,17-18,20-22,25,27,34-36H,4,6-7,9-12,14-16H2,1-3H3/t17?,18-,20+,21+,22-,25-,27-,28-,29+,30+,31+/m0/s1. The Morgan fingerprint density at radius 1 is 1.16 bits per heavy atom. The van der Waals surface area contributed by atoms with Gasteiger partial charge in [-0.15, -0.1) is 11.3 Å². The molecule has 1 unspecified atom stereocenters. The van der Waals surface area contributed by atoms with E-state index in [-0.39, 0.29) is 40.2 Å². The lowest BCUT2D eigenvalue weighted by atomic mass is 9.26. The predicted octanol–water partition coefficient (Wildman–Crippen LogP) is 6.11. The second kappa shape index (κ2) is 7.99. The highest BCUT2D eigenvalue weighted by Crippen LogP contribution is 2.82. The molecule has 2 aromatic rings. The smallest absolute Gasteiger partial charge is 0.125 e. The van der Waals surface area contributed by atoms with E-state index in [0.29, 0.717) is 23.7 Å². The maximum Gasteiger partial charge on any atom is 0.125 e. The highest BCUT2D eigenvalue weighted by molar-refractivity contribution is 7.18. The molecule has 0 saturated heterocycles. The zero-order valence-electron chi connectivity index (χ0n) is 22.4. The van der Waals surface area contributed by atoms with E-state index < -0.39 is 5.60 Å². The summed E-state index contributed by atoms with van der Waals surface area (Å²) in [6.07, 6.45) is 8.70. The average Bonchev–Trinajstić information content (AvgIpc) is 3.39. The molecule has 37 heavy (non-hydrogen) atoms. The van der Waals surface area contributed by atoms with Crippen LogP contribution in [0.15, 0.2) is 18.2 Å². The van der Waals surface area contributed by atoms with Crippen LogP contribution in [0.1, 0.15) is 83.6 Å². The van der Waals surface area contributed by atoms with Crippen LogP contribution < -0.4 is 0 Å². The van der Waals surface area contributed by atoms with Gasteiger partial charge >= 0.3 is 0 Å². The van der Waals surface area contributed by atoms with Crippen molar-refractivity contribution >= 4 is 21.6 Å². The van der Waals surface area contributed by atoms with E-state index in [1.165, 1.54) is 12.1 Å². The van der Waals surface area contributed by atoms with Crippen molar-refractivity contribution in [2.75, 3.05) is 0 Å². The summed E-state index contributed by atoms with van der Waals surface area (Å²) in [5, 5.41) is 35.4. The lowest BCUT2D eigenvalue weighted by Gasteiger charge is -2.80. The molecule has 3 N–H and O–H groups in total. The van der Waals surface area contributed by atoms with Crippen molar-refractivity contribution in [1.82, 2.24) is 4.98 Å². The van der Waals surface area contributed by atoms with Crippen molar-refractivity contribution < 1.29 is 19.7 Å². The number of halogens is 1. The van der Waals surface area contributed by atoms with Crippen LogP contribution in [0.3, 0.4) is 0 Å². The Bertz CT molecular complexity index is 1230. The molecule has 4 nitrogen and oxygen atoms in total. The van der Waals surface area contributed by atoms with E-state index in [9.17, 15) is 19.7 Å². The Balaban J connectivity index is 1.13. The minimum absolute atomic E-state index is 0.0167. The zero-order valence-corrected chi connectivity index (χ0v) is 23.2. The summed E-state index contributed by atoms with van der Waals surface area (Å²) >= 11 is 1.66. The van der Waals surface area contributed by atoms with Gasteiger partial charge in [0.1, 0.15) is 5.82 Å². The third kappa shape index (κ3) is 3.19. The van der Waals surface area contributed by atoms with Crippen LogP contribution in [-0.4, -0.2) is 38.1 Å². The molecule has 1 aromatic heterocycles. The molecular formula is C31H42FNO3S. The van der Waals surface area contributed by atoms with Gasteiger partial charge in [0.05, 0.1) is 33.0 Å². The van der Waals surface area contributed by atoms with Crippen molar-refractivity contribution in [2.24, 2.45) is 45.8 Å². The Kier molecular flexibility index (Phi) is 5.38. The number of hydrogen-bond acceptors (Lipinski definition) is 5. The number of fused-ring (bicyclic) bond motifs is 3. The number of aliphatic hydroxyl groups excluding tert-OH is 2. The quantitative estimate of drug-likeness (QED) is 0.449. The van der Waals surface area contributed by atoms with Crippen LogP contribution >= 0.6 is 11.3 Å². The molecule has 5 aliphatic rings. The Hall–Kier alpha value is -1.08. The van der Waals surface area contributed by atoms with Gasteiger partial charge in [-0.05, 0) is 122 Å². The van der Waals surface area contributed by atoms with Gasteiger partial charge in [-0.3, -0.25) is 0 Å². The zero-order chi connectivity index (χ0) is 26.0. The molecule has 5 saturated carbocycles. The predicted molar refractivity (Wildman–Crippen MR) is 144 cm³/mol. The largest absolute Gasteiger partial charge is 0.393 e. The van der Waals surface area contributed by atoms with Gasteiger partial charge in [-0.1, -0.05) is 20.8 Å². The molecule has 5 aliphatic carbocycles. The SMILES string of the molecule is CC(CCc1nc2cc(F)ccc2s1)[C@H]1CC[C@H]2[C@@H]3[C@@]4(O)C[C@@H]5C[C@H](O)CC[C@]5(C)[C@]3(C[C@H](O)[C@]12C)C4. The highest BCUT2D eigenvalue weighted by atomic mass is 32.1. The summed E-state index contributed by atoms with van der Waals surface area (Å²) in [6.45, 7) is 7.12. The molecule has 0 aliphatic heterocycles. The van der Waals surface area contributed by atoms with Crippen molar-refractivity contribution in [1.29, 1.82) is 0 Å². The summed E-state index contributed by atoms with van der Waals surface area (Å²) in [6, 6.07) is 4.85. The van der Waals surface area contributed by atoms with Crippen LogP contribution in [0.2, 0.25) is 0 Å². The van der Waals surface area contributed by atoms with Gasteiger partial charge in [-0.25, -0.2) is 9.37 Å². The second-order valence-electron chi connectivity index (χ2n) is 14.3. The molecule has 11 atom stereocenters. The first-order valence-electron chi connectivity index (χ1n) is 14.6. The van der Waals surface area contributed by atoms with Crippen molar-refractivity contribution in [3.63, 3.8) is 0 Å². The maximum atomic E-state index is 13.6.